The number of aliphatic hydroxyl groups is 1. The first-order valence-electron chi connectivity index (χ1n) is 10.7. The first-order valence-corrected chi connectivity index (χ1v) is 10.7. The van der Waals surface area contributed by atoms with Crippen LogP contribution in [0.2, 0.25) is 0 Å². The molecule has 0 bridgehead atoms. The molecule has 1 heterocycles. The Morgan fingerprint density at radius 3 is 2.61 bits per heavy atom. The van der Waals surface area contributed by atoms with E-state index in [2.05, 4.69) is 5.32 Å². The van der Waals surface area contributed by atoms with Crippen molar-refractivity contribution in [1.82, 2.24) is 9.88 Å². The summed E-state index contributed by atoms with van der Waals surface area (Å²) < 4.78 is 21.2. The van der Waals surface area contributed by atoms with E-state index in [1.165, 1.54) is 12.1 Å². The number of aliphatic hydroxyl groups excluding tert-OH is 1. The van der Waals surface area contributed by atoms with Gasteiger partial charge in [0.1, 0.15) is 18.2 Å². The van der Waals surface area contributed by atoms with Crippen LogP contribution in [0, 0.1) is 5.82 Å². The topological polar surface area (TPSA) is 83.7 Å². The first-order chi connectivity index (χ1) is 16.0. The maximum Gasteiger partial charge on any atom is 0.404 e. The zero-order valence-electron chi connectivity index (χ0n) is 17.9. The summed E-state index contributed by atoms with van der Waals surface area (Å²) in [6.45, 7) is 0.406. The van der Waals surface area contributed by atoms with Crippen LogP contribution in [0.15, 0.2) is 85.1 Å². The van der Waals surface area contributed by atoms with E-state index in [1.54, 1.807) is 6.07 Å². The van der Waals surface area contributed by atoms with Crippen molar-refractivity contribution in [3.05, 3.63) is 102 Å². The van der Waals surface area contributed by atoms with E-state index in [4.69, 9.17) is 9.84 Å². The number of hydrogen-bond donors (Lipinski definition) is 3. The average Bonchev–Trinajstić information content (AvgIpc) is 3.21. The standard InChI is InChI=1S/C26H25FN2O4/c27-21-8-4-5-18(15-21)17-33-22-9-10-23-20(16-22)12-14-29(23)25(19-6-2-1-3-7-19)24(30)11-13-28-26(31)32/h1-10,12,14-16,24-25,28,30H,11,13,17H2,(H,31,32)/t24-,25+/m1/s1. The number of nitrogens with zero attached hydrogens (tertiary/aromatic N) is 1. The summed E-state index contributed by atoms with van der Waals surface area (Å²) in [5.41, 5.74) is 2.58. The molecule has 33 heavy (non-hydrogen) atoms. The van der Waals surface area contributed by atoms with Crippen molar-refractivity contribution >= 4 is 17.0 Å². The van der Waals surface area contributed by atoms with Crippen molar-refractivity contribution < 1.29 is 24.1 Å². The van der Waals surface area contributed by atoms with Crippen molar-refractivity contribution in [2.45, 2.75) is 25.2 Å². The van der Waals surface area contributed by atoms with E-state index in [0.29, 0.717) is 5.75 Å². The van der Waals surface area contributed by atoms with Crippen LogP contribution < -0.4 is 10.1 Å². The van der Waals surface area contributed by atoms with Crippen LogP contribution in [0.4, 0.5) is 9.18 Å². The fourth-order valence-electron chi connectivity index (χ4n) is 3.97. The highest BCUT2D eigenvalue weighted by Gasteiger charge is 2.24. The molecule has 0 spiro atoms. The van der Waals surface area contributed by atoms with Gasteiger partial charge in [0, 0.05) is 23.6 Å². The highest BCUT2D eigenvalue weighted by Crippen LogP contribution is 2.31. The minimum atomic E-state index is -1.12. The van der Waals surface area contributed by atoms with E-state index in [-0.39, 0.29) is 25.4 Å². The van der Waals surface area contributed by atoms with Crippen LogP contribution in [0.25, 0.3) is 10.9 Å². The lowest BCUT2D eigenvalue weighted by Crippen LogP contribution is -2.30. The maximum absolute atomic E-state index is 13.4. The molecule has 2 atom stereocenters. The van der Waals surface area contributed by atoms with Gasteiger partial charge >= 0.3 is 6.09 Å². The zero-order valence-corrected chi connectivity index (χ0v) is 17.9. The Balaban J connectivity index is 1.58. The van der Waals surface area contributed by atoms with Crippen LogP contribution in [-0.4, -0.2) is 33.5 Å². The minimum Gasteiger partial charge on any atom is -0.489 e. The molecule has 0 radical (unpaired) electrons. The summed E-state index contributed by atoms with van der Waals surface area (Å²) in [6.07, 6.45) is 0.252. The molecule has 1 amide bonds. The molecule has 170 valence electrons. The molecule has 0 saturated heterocycles. The van der Waals surface area contributed by atoms with Crippen molar-refractivity contribution in [1.29, 1.82) is 0 Å². The molecule has 0 aliphatic carbocycles. The van der Waals surface area contributed by atoms with Crippen molar-refractivity contribution in [3.63, 3.8) is 0 Å². The second kappa shape index (κ2) is 10.2. The molecule has 3 aromatic carbocycles. The molecule has 0 fully saturated rings. The number of nitrogens with one attached hydrogen (secondary N) is 1. The number of benzene rings is 3. The molecule has 1 aromatic heterocycles. The van der Waals surface area contributed by atoms with Gasteiger partial charge in [-0.1, -0.05) is 42.5 Å². The third-order valence-corrected chi connectivity index (χ3v) is 5.51. The second-order valence-electron chi connectivity index (χ2n) is 7.81. The van der Waals surface area contributed by atoms with Gasteiger partial charge in [-0.2, -0.15) is 0 Å². The molecule has 0 unspecified atom stereocenters. The van der Waals surface area contributed by atoms with Gasteiger partial charge in [0.15, 0.2) is 0 Å². The number of carboxylic acid groups (broad SMARTS) is 1. The fourth-order valence-corrected chi connectivity index (χ4v) is 3.97. The monoisotopic (exact) mass is 448 g/mol. The normalized spacial score (nSPS) is 12.9. The highest BCUT2D eigenvalue weighted by molar-refractivity contribution is 5.82. The molecule has 0 saturated carbocycles. The number of fused-ring (bicyclic) bond motifs is 1. The number of halogens is 1. The van der Waals surface area contributed by atoms with Crippen LogP contribution >= 0.6 is 0 Å². The second-order valence-corrected chi connectivity index (χ2v) is 7.81. The third-order valence-electron chi connectivity index (χ3n) is 5.51. The largest absolute Gasteiger partial charge is 0.489 e. The van der Waals surface area contributed by atoms with Gasteiger partial charge in [0.05, 0.1) is 12.1 Å². The number of amides is 1. The minimum absolute atomic E-state index is 0.150. The predicted molar refractivity (Wildman–Crippen MR) is 124 cm³/mol. The maximum atomic E-state index is 13.4. The third kappa shape index (κ3) is 5.51. The molecule has 4 aromatic rings. The summed E-state index contributed by atoms with van der Waals surface area (Å²) in [5, 5.41) is 23.1. The van der Waals surface area contributed by atoms with Crippen LogP contribution in [0.3, 0.4) is 0 Å². The number of rotatable bonds is 9. The van der Waals surface area contributed by atoms with E-state index >= 15 is 0 Å². The quantitative estimate of drug-likeness (QED) is 0.338. The van der Waals surface area contributed by atoms with Gasteiger partial charge in [0.2, 0.25) is 0 Å². The van der Waals surface area contributed by atoms with E-state index < -0.39 is 18.2 Å². The first kappa shape index (κ1) is 22.4. The van der Waals surface area contributed by atoms with Gasteiger partial charge in [-0.15, -0.1) is 0 Å². The Hall–Kier alpha value is -3.84. The summed E-state index contributed by atoms with van der Waals surface area (Å²) in [4.78, 5) is 10.8. The molecule has 7 heteroatoms. The summed E-state index contributed by atoms with van der Waals surface area (Å²) >= 11 is 0. The smallest absolute Gasteiger partial charge is 0.404 e. The molecule has 0 aliphatic heterocycles. The SMILES string of the molecule is O=C(O)NCC[C@@H](O)[C@H](c1ccccc1)n1ccc2cc(OCc3cccc(F)c3)ccc21. The highest BCUT2D eigenvalue weighted by atomic mass is 19.1. The lowest BCUT2D eigenvalue weighted by Gasteiger charge is -2.26. The Morgan fingerprint density at radius 2 is 1.85 bits per heavy atom. The Bertz CT molecular complexity index is 1230. The molecular formula is C26H25FN2O4. The van der Waals surface area contributed by atoms with Crippen LogP contribution in [0.1, 0.15) is 23.6 Å². The lowest BCUT2D eigenvalue weighted by molar-refractivity contribution is 0.121. The fraction of sp³-hybridized carbons (Fsp3) is 0.192. The van der Waals surface area contributed by atoms with E-state index in [0.717, 1.165) is 22.0 Å². The van der Waals surface area contributed by atoms with Gasteiger partial charge in [0.25, 0.3) is 0 Å². The molecular weight excluding hydrogens is 423 g/mol. The Kier molecular flexibility index (Phi) is 6.90. The molecule has 6 nitrogen and oxygen atoms in total. The zero-order chi connectivity index (χ0) is 23.2. The van der Waals surface area contributed by atoms with Crippen molar-refractivity contribution in [3.8, 4) is 5.75 Å². The van der Waals surface area contributed by atoms with Gasteiger partial charge < -0.3 is 24.8 Å². The van der Waals surface area contributed by atoms with Crippen molar-refractivity contribution in [2.24, 2.45) is 0 Å². The van der Waals surface area contributed by atoms with Gasteiger partial charge in [-0.05, 0) is 53.9 Å². The number of hydrogen-bond acceptors (Lipinski definition) is 3. The van der Waals surface area contributed by atoms with Gasteiger partial charge in [-0.25, -0.2) is 9.18 Å². The van der Waals surface area contributed by atoms with Crippen LogP contribution in [0.5, 0.6) is 5.75 Å². The number of carbonyl (C=O) groups is 1. The molecule has 4 rings (SSSR count). The molecule has 0 aliphatic rings. The predicted octanol–water partition coefficient (Wildman–Crippen LogP) is 4.97. The lowest BCUT2D eigenvalue weighted by atomic mass is 9.98. The van der Waals surface area contributed by atoms with E-state index in [1.807, 2.05) is 71.4 Å². The Labute approximate surface area is 190 Å². The Morgan fingerprint density at radius 1 is 1.03 bits per heavy atom. The van der Waals surface area contributed by atoms with Crippen LogP contribution in [-0.2, 0) is 6.61 Å². The molecule has 3 N–H and O–H groups in total. The number of ether oxygens (including phenoxy) is 1. The average molecular weight is 448 g/mol. The summed E-state index contributed by atoms with van der Waals surface area (Å²) in [7, 11) is 0. The van der Waals surface area contributed by atoms with E-state index in [9.17, 15) is 14.3 Å². The summed E-state index contributed by atoms with van der Waals surface area (Å²) in [5.74, 6) is 0.361. The van der Waals surface area contributed by atoms with Gasteiger partial charge in [-0.3, -0.25) is 0 Å². The summed E-state index contributed by atoms with van der Waals surface area (Å²) in [6, 6.07) is 23.2. The van der Waals surface area contributed by atoms with Crippen molar-refractivity contribution in [2.75, 3.05) is 6.54 Å². The number of aromatic nitrogens is 1.